The number of nitrogens with zero attached hydrogens (tertiary/aromatic N) is 1. The molecule has 0 aliphatic carbocycles. The van der Waals surface area contributed by atoms with Gasteiger partial charge in [-0.3, -0.25) is 4.90 Å². The molecular weight excluding hydrogens is 284 g/mol. The highest BCUT2D eigenvalue weighted by Crippen LogP contribution is 2.35. The highest BCUT2D eigenvalue weighted by molar-refractivity contribution is 6.30. The highest BCUT2D eigenvalue weighted by Gasteiger charge is 2.41. The van der Waals surface area contributed by atoms with Crippen molar-refractivity contribution in [3.05, 3.63) is 34.9 Å². The molecule has 2 N–H and O–H groups in total. The number of nitrogens with two attached hydrogens (primary N) is 1. The van der Waals surface area contributed by atoms with Gasteiger partial charge < -0.3 is 10.5 Å². The van der Waals surface area contributed by atoms with E-state index in [1.54, 1.807) is 0 Å². The molecule has 0 amide bonds. The summed E-state index contributed by atoms with van der Waals surface area (Å²) in [7, 11) is 0. The number of halogens is 1. The Kier molecular flexibility index (Phi) is 4.69. The summed E-state index contributed by atoms with van der Waals surface area (Å²) in [4.78, 5) is 2.43. The molecule has 1 aliphatic heterocycles. The zero-order valence-electron chi connectivity index (χ0n) is 13.7. The van der Waals surface area contributed by atoms with Crippen LogP contribution < -0.4 is 5.73 Å². The van der Waals surface area contributed by atoms with Crippen molar-refractivity contribution in [2.24, 2.45) is 5.73 Å². The third-order valence-corrected chi connectivity index (χ3v) is 4.04. The predicted molar refractivity (Wildman–Crippen MR) is 88.7 cm³/mol. The van der Waals surface area contributed by atoms with Crippen LogP contribution in [0.3, 0.4) is 0 Å². The molecular formula is C17H27ClN2O. The monoisotopic (exact) mass is 310 g/mol. The van der Waals surface area contributed by atoms with E-state index in [0.29, 0.717) is 0 Å². The Balaban J connectivity index is 2.34. The van der Waals surface area contributed by atoms with Crippen LogP contribution in [0, 0.1) is 0 Å². The van der Waals surface area contributed by atoms with Crippen molar-refractivity contribution in [3.63, 3.8) is 0 Å². The first-order chi connectivity index (χ1) is 9.60. The normalized spacial score (nSPS) is 24.5. The molecule has 4 heteroatoms. The lowest BCUT2D eigenvalue weighted by Crippen LogP contribution is -2.59. The molecule has 2 unspecified atom stereocenters. The first-order valence-corrected chi connectivity index (χ1v) is 7.93. The fourth-order valence-electron chi connectivity index (χ4n) is 3.58. The molecule has 0 aromatic heterocycles. The Hall–Kier alpha value is -0.610. The molecule has 118 valence electrons. The van der Waals surface area contributed by atoms with Crippen LogP contribution >= 0.6 is 11.6 Å². The second-order valence-corrected chi connectivity index (χ2v) is 7.82. The summed E-state index contributed by atoms with van der Waals surface area (Å²) < 4.78 is 6.17. The summed E-state index contributed by atoms with van der Waals surface area (Å²) in [5.74, 6) is 0. The third-order valence-electron chi connectivity index (χ3n) is 3.80. The summed E-state index contributed by atoms with van der Waals surface area (Å²) in [6.45, 7) is 12.3. The zero-order chi connectivity index (χ0) is 15.8. The molecule has 0 bridgehead atoms. The Labute approximate surface area is 133 Å². The number of hydrogen-bond donors (Lipinski definition) is 1. The van der Waals surface area contributed by atoms with E-state index in [4.69, 9.17) is 22.1 Å². The SMILES string of the molecule is CC(N)C(c1cccc(Cl)c1)N1CC(C)(C)OC(C)(C)C1. The topological polar surface area (TPSA) is 38.5 Å². The van der Waals surface area contributed by atoms with Gasteiger partial charge in [-0.2, -0.15) is 0 Å². The average molecular weight is 311 g/mol. The lowest BCUT2D eigenvalue weighted by atomic mass is 9.92. The largest absolute Gasteiger partial charge is 0.367 e. The Bertz CT molecular complexity index is 483. The van der Waals surface area contributed by atoms with Gasteiger partial charge in [0.15, 0.2) is 0 Å². The molecule has 1 aromatic rings. The summed E-state index contributed by atoms with van der Waals surface area (Å²) in [6.07, 6.45) is 0. The summed E-state index contributed by atoms with van der Waals surface area (Å²) in [5.41, 5.74) is 7.10. The molecule has 0 radical (unpaired) electrons. The van der Waals surface area contributed by atoms with Crippen LogP contribution in [-0.4, -0.2) is 35.2 Å². The van der Waals surface area contributed by atoms with Crippen molar-refractivity contribution < 1.29 is 4.74 Å². The minimum atomic E-state index is -0.187. The molecule has 1 fully saturated rings. The average Bonchev–Trinajstić information content (AvgIpc) is 2.23. The lowest BCUT2D eigenvalue weighted by Gasteiger charge is -2.50. The standard InChI is InChI=1S/C17H27ClN2O/c1-12(19)15(13-7-6-8-14(18)9-13)20-10-16(2,3)21-17(4,5)11-20/h6-9,12,15H,10-11,19H2,1-5H3. The minimum absolute atomic E-state index is 0.0215. The van der Waals surface area contributed by atoms with Crippen LogP contribution in [0.5, 0.6) is 0 Å². The second-order valence-electron chi connectivity index (χ2n) is 7.39. The van der Waals surface area contributed by atoms with Gasteiger partial charge in [-0.15, -0.1) is 0 Å². The van der Waals surface area contributed by atoms with Crippen LogP contribution in [0.4, 0.5) is 0 Å². The van der Waals surface area contributed by atoms with E-state index in [-0.39, 0.29) is 23.3 Å². The van der Waals surface area contributed by atoms with Gasteiger partial charge in [0, 0.05) is 30.2 Å². The summed E-state index contributed by atoms with van der Waals surface area (Å²) in [6, 6.07) is 8.18. The van der Waals surface area contributed by atoms with Gasteiger partial charge in [-0.05, 0) is 52.3 Å². The van der Waals surface area contributed by atoms with Gasteiger partial charge in [-0.25, -0.2) is 0 Å². The predicted octanol–water partition coefficient (Wildman–Crippen LogP) is 3.62. The fraction of sp³-hybridized carbons (Fsp3) is 0.647. The van der Waals surface area contributed by atoms with Gasteiger partial charge in [0.25, 0.3) is 0 Å². The first kappa shape index (κ1) is 16.8. The molecule has 2 rings (SSSR count). The van der Waals surface area contributed by atoms with E-state index >= 15 is 0 Å². The first-order valence-electron chi connectivity index (χ1n) is 7.55. The zero-order valence-corrected chi connectivity index (χ0v) is 14.4. The van der Waals surface area contributed by atoms with Gasteiger partial charge in [-0.1, -0.05) is 23.7 Å². The van der Waals surface area contributed by atoms with Gasteiger partial charge >= 0.3 is 0 Å². The molecule has 3 nitrogen and oxygen atoms in total. The van der Waals surface area contributed by atoms with E-state index in [0.717, 1.165) is 18.1 Å². The van der Waals surface area contributed by atoms with E-state index in [2.05, 4.69) is 45.6 Å². The smallest absolute Gasteiger partial charge is 0.0761 e. The van der Waals surface area contributed by atoms with Crippen LogP contribution in [0.1, 0.15) is 46.2 Å². The molecule has 0 spiro atoms. The van der Waals surface area contributed by atoms with Gasteiger partial charge in [0.1, 0.15) is 0 Å². The molecule has 1 aromatic carbocycles. The fourth-order valence-corrected chi connectivity index (χ4v) is 3.78. The van der Waals surface area contributed by atoms with Crippen molar-refractivity contribution in [2.45, 2.75) is 57.9 Å². The van der Waals surface area contributed by atoms with Crippen LogP contribution in [-0.2, 0) is 4.74 Å². The summed E-state index contributed by atoms with van der Waals surface area (Å²) >= 11 is 6.16. The van der Waals surface area contributed by atoms with Crippen LogP contribution in [0.2, 0.25) is 5.02 Å². The second kappa shape index (κ2) is 5.88. The van der Waals surface area contributed by atoms with E-state index in [1.807, 2.05) is 18.2 Å². The minimum Gasteiger partial charge on any atom is -0.367 e. The Morgan fingerprint density at radius 1 is 1.19 bits per heavy atom. The van der Waals surface area contributed by atoms with E-state index in [9.17, 15) is 0 Å². The maximum absolute atomic E-state index is 6.30. The quantitative estimate of drug-likeness (QED) is 0.926. The molecule has 0 saturated carbocycles. The lowest BCUT2D eigenvalue weighted by molar-refractivity contribution is -0.189. The molecule has 2 atom stereocenters. The Morgan fingerprint density at radius 2 is 1.76 bits per heavy atom. The van der Waals surface area contributed by atoms with Crippen molar-refractivity contribution in [1.29, 1.82) is 0 Å². The molecule has 1 aliphatic rings. The van der Waals surface area contributed by atoms with Crippen LogP contribution in [0.25, 0.3) is 0 Å². The maximum atomic E-state index is 6.30. The van der Waals surface area contributed by atoms with Crippen molar-refractivity contribution in [3.8, 4) is 0 Å². The van der Waals surface area contributed by atoms with Crippen molar-refractivity contribution >= 4 is 11.6 Å². The summed E-state index contributed by atoms with van der Waals surface area (Å²) in [5, 5.41) is 0.755. The number of morpholine rings is 1. The highest BCUT2D eigenvalue weighted by atomic mass is 35.5. The van der Waals surface area contributed by atoms with Gasteiger partial charge in [0.05, 0.1) is 11.2 Å². The number of rotatable bonds is 3. The van der Waals surface area contributed by atoms with Crippen molar-refractivity contribution in [1.82, 2.24) is 4.90 Å². The van der Waals surface area contributed by atoms with E-state index < -0.39 is 0 Å². The van der Waals surface area contributed by atoms with Crippen molar-refractivity contribution in [2.75, 3.05) is 13.1 Å². The third kappa shape index (κ3) is 4.19. The Morgan fingerprint density at radius 3 is 2.24 bits per heavy atom. The van der Waals surface area contributed by atoms with Gasteiger partial charge in [0.2, 0.25) is 0 Å². The molecule has 21 heavy (non-hydrogen) atoms. The van der Waals surface area contributed by atoms with Crippen LogP contribution in [0.15, 0.2) is 24.3 Å². The maximum Gasteiger partial charge on any atom is 0.0761 e. The molecule has 1 saturated heterocycles. The number of hydrogen-bond acceptors (Lipinski definition) is 3. The number of benzene rings is 1. The van der Waals surface area contributed by atoms with E-state index in [1.165, 1.54) is 5.56 Å². The number of ether oxygens (including phenoxy) is 1. The molecule has 1 heterocycles.